The zero-order valence-electron chi connectivity index (χ0n) is 15.3. The van der Waals surface area contributed by atoms with Crippen LogP contribution in [-0.4, -0.2) is 28.2 Å². The average Bonchev–Trinajstić information content (AvgIpc) is 2.54. The molecule has 25 heavy (non-hydrogen) atoms. The van der Waals surface area contributed by atoms with Gasteiger partial charge in [0.05, 0.1) is 0 Å². The highest BCUT2D eigenvalue weighted by Crippen LogP contribution is 2.11. The molecule has 0 aromatic heterocycles. The van der Waals surface area contributed by atoms with Crippen molar-refractivity contribution >= 4 is 11.9 Å². The van der Waals surface area contributed by atoms with E-state index in [4.69, 9.17) is 15.9 Å². The van der Waals surface area contributed by atoms with E-state index in [0.717, 1.165) is 6.42 Å². The maximum atomic E-state index is 9.55. The quantitative estimate of drug-likeness (QED) is 0.440. The van der Waals surface area contributed by atoms with Gasteiger partial charge in [-0.25, -0.2) is 9.59 Å². The summed E-state index contributed by atoms with van der Waals surface area (Å²) in [7, 11) is 0. The third-order valence-corrected chi connectivity index (χ3v) is 3.52. The third kappa shape index (κ3) is 15.1. The fourth-order valence-electron chi connectivity index (χ4n) is 2.29. The highest BCUT2D eigenvalue weighted by Gasteiger charge is 1.98. The van der Waals surface area contributed by atoms with Crippen molar-refractivity contribution in [1.82, 2.24) is 0 Å². The Hall–Kier alpha value is -2.14. The predicted octanol–water partition coefficient (Wildman–Crippen LogP) is 3.80. The van der Waals surface area contributed by atoms with Gasteiger partial charge in [-0.05, 0) is 37.3 Å². The van der Waals surface area contributed by atoms with Crippen LogP contribution in [0.5, 0.6) is 0 Å². The zero-order valence-corrected chi connectivity index (χ0v) is 15.3. The lowest BCUT2D eigenvalue weighted by atomic mass is 10.0. The number of benzene rings is 1. The number of carboxylic acid groups (broad SMARTS) is 2. The monoisotopic (exact) mass is 349 g/mol. The van der Waals surface area contributed by atoms with Gasteiger partial charge in [0.1, 0.15) is 0 Å². The lowest BCUT2D eigenvalue weighted by Gasteiger charge is -2.06. The molecule has 1 aromatic rings. The minimum Gasteiger partial charge on any atom is -0.478 e. The molecule has 0 bridgehead atoms. The van der Waals surface area contributed by atoms with Crippen LogP contribution >= 0.6 is 0 Å². The van der Waals surface area contributed by atoms with E-state index in [1.807, 2.05) is 0 Å². The fourth-order valence-corrected chi connectivity index (χ4v) is 2.29. The smallest absolute Gasteiger partial charge is 0.328 e. The highest BCUT2D eigenvalue weighted by molar-refractivity contribution is 5.89. The van der Waals surface area contributed by atoms with Gasteiger partial charge in [-0.1, -0.05) is 56.9 Å². The van der Waals surface area contributed by atoms with Crippen molar-refractivity contribution < 1.29 is 19.8 Å². The van der Waals surface area contributed by atoms with E-state index in [2.05, 4.69) is 38.1 Å². The summed E-state index contributed by atoms with van der Waals surface area (Å²) in [4.78, 5) is 19.1. The molecule has 0 fully saturated rings. The SMILES string of the molecule is CCCCCCCc1ccc(CC(C)N)cc1.O=C(O)/C=C\C(=O)O. The summed E-state index contributed by atoms with van der Waals surface area (Å²) in [5, 5.41) is 15.6. The molecule has 1 unspecified atom stereocenters. The standard InChI is InChI=1S/C16H27N.C4H4O4/c1-3-4-5-6-7-8-15-9-11-16(12-10-15)13-14(2)17;5-3(6)1-2-4(7)8/h9-12,14H,3-8,13,17H2,1-2H3;1-2H,(H,5,6)(H,7,8)/b;2-1-. The summed E-state index contributed by atoms with van der Waals surface area (Å²) in [5.41, 5.74) is 8.61. The Bertz CT molecular complexity index is 505. The molecule has 0 radical (unpaired) electrons. The Kier molecular flexibility index (Phi) is 13.0. The highest BCUT2D eigenvalue weighted by atomic mass is 16.4. The first-order valence-electron chi connectivity index (χ1n) is 8.82. The topological polar surface area (TPSA) is 101 Å². The number of carboxylic acids is 2. The van der Waals surface area contributed by atoms with E-state index in [-0.39, 0.29) is 6.04 Å². The van der Waals surface area contributed by atoms with Crippen LogP contribution < -0.4 is 5.73 Å². The van der Waals surface area contributed by atoms with Crippen LogP contribution in [0.1, 0.15) is 57.1 Å². The Morgan fingerprint density at radius 1 is 0.960 bits per heavy atom. The number of rotatable bonds is 10. The molecule has 0 spiro atoms. The summed E-state index contributed by atoms with van der Waals surface area (Å²) in [6.45, 7) is 4.32. The van der Waals surface area contributed by atoms with Gasteiger partial charge < -0.3 is 15.9 Å². The maximum Gasteiger partial charge on any atom is 0.328 e. The summed E-state index contributed by atoms with van der Waals surface area (Å²) in [5.74, 6) is -2.51. The molecule has 140 valence electrons. The third-order valence-electron chi connectivity index (χ3n) is 3.52. The van der Waals surface area contributed by atoms with E-state index in [9.17, 15) is 9.59 Å². The molecule has 4 N–H and O–H groups in total. The van der Waals surface area contributed by atoms with Crippen LogP contribution in [0.25, 0.3) is 0 Å². The Morgan fingerprint density at radius 3 is 1.88 bits per heavy atom. The summed E-state index contributed by atoms with van der Waals surface area (Å²) in [6, 6.07) is 9.24. The molecule has 5 nitrogen and oxygen atoms in total. The predicted molar refractivity (Wildman–Crippen MR) is 101 cm³/mol. The minimum atomic E-state index is -1.26. The van der Waals surface area contributed by atoms with Crippen molar-refractivity contribution in [2.75, 3.05) is 0 Å². The summed E-state index contributed by atoms with van der Waals surface area (Å²) >= 11 is 0. The number of aryl methyl sites for hydroxylation is 1. The van der Waals surface area contributed by atoms with Gasteiger partial charge in [-0.3, -0.25) is 0 Å². The first-order chi connectivity index (χ1) is 11.8. The molecule has 0 aliphatic rings. The molecular weight excluding hydrogens is 318 g/mol. The summed E-state index contributed by atoms with van der Waals surface area (Å²) < 4.78 is 0. The maximum absolute atomic E-state index is 9.55. The van der Waals surface area contributed by atoms with Gasteiger partial charge in [0.2, 0.25) is 0 Å². The second-order valence-electron chi connectivity index (χ2n) is 6.17. The van der Waals surface area contributed by atoms with E-state index >= 15 is 0 Å². The number of aliphatic carboxylic acids is 2. The average molecular weight is 349 g/mol. The number of hydrogen-bond acceptors (Lipinski definition) is 3. The first kappa shape index (κ1) is 22.9. The van der Waals surface area contributed by atoms with E-state index in [0.29, 0.717) is 12.2 Å². The number of hydrogen-bond donors (Lipinski definition) is 3. The normalized spacial score (nSPS) is 11.6. The van der Waals surface area contributed by atoms with Crippen LogP contribution in [0, 0.1) is 0 Å². The molecule has 1 atom stereocenters. The molecule has 0 heterocycles. The zero-order chi connectivity index (χ0) is 19.1. The molecule has 0 amide bonds. The van der Waals surface area contributed by atoms with Crippen LogP contribution in [0.3, 0.4) is 0 Å². The van der Waals surface area contributed by atoms with Crippen LogP contribution in [0.2, 0.25) is 0 Å². The molecule has 0 aliphatic heterocycles. The van der Waals surface area contributed by atoms with Crippen molar-refractivity contribution in [3.8, 4) is 0 Å². The van der Waals surface area contributed by atoms with Crippen LogP contribution in [0.4, 0.5) is 0 Å². The number of nitrogens with two attached hydrogens (primary N) is 1. The molecule has 1 aromatic carbocycles. The van der Waals surface area contributed by atoms with Crippen molar-refractivity contribution in [2.45, 2.75) is 64.8 Å². The van der Waals surface area contributed by atoms with E-state index < -0.39 is 11.9 Å². The molecule has 0 saturated carbocycles. The first-order valence-corrected chi connectivity index (χ1v) is 8.82. The second kappa shape index (κ2) is 14.2. The molecule has 1 rings (SSSR count). The molecule has 0 saturated heterocycles. The summed E-state index contributed by atoms with van der Waals surface area (Å²) in [6.07, 6.45) is 10.1. The second-order valence-corrected chi connectivity index (χ2v) is 6.17. The molecular formula is C20H31NO4. The van der Waals surface area contributed by atoms with Gasteiger partial charge in [-0.15, -0.1) is 0 Å². The Morgan fingerprint density at radius 2 is 1.44 bits per heavy atom. The lowest BCUT2D eigenvalue weighted by Crippen LogP contribution is -2.17. The number of unbranched alkanes of at least 4 members (excludes halogenated alkanes) is 4. The van der Waals surface area contributed by atoms with E-state index in [1.165, 1.54) is 49.7 Å². The molecule has 5 heteroatoms. The fraction of sp³-hybridized carbons (Fsp3) is 0.500. The van der Waals surface area contributed by atoms with Crippen LogP contribution in [0.15, 0.2) is 36.4 Å². The largest absolute Gasteiger partial charge is 0.478 e. The van der Waals surface area contributed by atoms with Crippen molar-refractivity contribution in [2.24, 2.45) is 5.73 Å². The Labute approximate surface area is 150 Å². The van der Waals surface area contributed by atoms with Gasteiger partial charge in [-0.2, -0.15) is 0 Å². The lowest BCUT2D eigenvalue weighted by molar-refractivity contribution is -0.134. The van der Waals surface area contributed by atoms with Crippen molar-refractivity contribution in [3.63, 3.8) is 0 Å². The van der Waals surface area contributed by atoms with Gasteiger partial charge in [0.15, 0.2) is 0 Å². The van der Waals surface area contributed by atoms with Gasteiger partial charge in [0, 0.05) is 18.2 Å². The van der Waals surface area contributed by atoms with Crippen molar-refractivity contribution in [3.05, 3.63) is 47.5 Å². The Balaban J connectivity index is 0.000000609. The minimum absolute atomic E-state index is 0.259. The van der Waals surface area contributed by atoms with Crippen LogP contribution in [-0.2, 0) is 22.4 Å². The van der Waals surface area contributed by atoms with Gasteiger partial charge in [0.25, 0.3) is 0 Å². The van der Waals surface area contributed by atoms with Crippen molar-refractivity contribution in [1.29, 1.82) is 0 Å². The van der Waals surface area contributed by atoms with Gasteiger partial charge >= 0.3 is 11.9 Å². The molecule has 0 aliphatic carbocycles. The number of carbonyl (C=O) groups is 2. The van der Waals surface area contributed by atoms with E-state index in [1.54, 1.807) is 0 Å².